The largest absolute Gasteiger partial charge is 0.359 e. The average Bonchev–Trinajstić information content (AvgIpc) is 2.36. The van der Waals surface area contributed by atoms with Crippen LogP contribution in [0.15, 0.2) is 18.3 Å². The Balaban J connectivity index is 2.70. The first-order chi connectivity index (χ1) is 8.45. The molecule has 2 amide bonds. The first-order valence-electron chi connectivity index (χ1n) is 5.54. The van der Waals surface area contributed by atoms with Crippen LogP contribution in [0.25, 0.3) is 0 Å². The van der Waals surface area contributed by atoms with E-state index in [0.717, 1.165) is 6.07 Å². The molecule has 5 nitrogen and oxygen atoms in total. The highest BCUT2D eigenvalue weighted by Gasteiger charge is 2.18. The predicted octanol–water partition coefficient (Wildman–Crippen LogP) is 0.675. The number of carbonyl (C=O) groups excluding carboxylic acids is 2. The molecule has 0 aliphatic heterocycles. The van der Waals surface area contributed by atoms with Crippen molar-refractivity contribution in [2.45, 2.75) is 6.92 Å². The SMILES string of the molecule is CNC(=O)C(C)CN(C)C(=O)c1ccnc(F)c1. The zero-order chi connectivity index (χ0) is 13.7. The van der Waals surface area contributed by atoms with Gasteiger partial charge in [0.25, 0.3) is 5.91 Å². The normalized spacial score (nSPS) is 11.8. The highest BCUT2D eigenvalue weighted by atomic mass is 19.1. The zero-order valence-corrected chi connectivity index (χ0v) is 10.6. The lowest BCUT2D eigenvalue weighted by molar-refractivity contribution is -0.124. The van der Waals surface area contributed by atoms with Crippen molar-refractivity contribution in [3.8, 4) is 0 Å². The molecule has 0 aliphatic carbocycles. The summed E-state index contributed by atoms with van der Waals surface area (Å²) < 4.78 is 12.9. The van der Waals surface area contributed by atoms with Gasteiger partial charge in [0, 0.05) is 38.5 Å². The fourth-order valence-corrected chi connectivity index (χ4v) is 1.58. The maximum Gasteiger partial charge on any atom is 0.253 e. The van der Waals surface area contributed by atoms with E-state index >= 15 is 0 Å². The van der Waals surface area contributed by atoms with E-state index in [2.05, 4.69) is 10.3 Å². The molecule has 0 saturated carbocycles. The van der Waals surface area contributed by atoms with E-state index in [9.17, 15) is 14.0 Å². The molecule has 0 fully saturated rings. The number of hydrogen-bond donors (Lipinski definition) is 1. The van der Waals surface area contributed by atoms with E-state index in [1.165, 1.54) is 17.2 Å². The molecule has 0 radical (unpaired) electrons. The average molecular weight is 253 g/mol. The second-order valence-corrected chi connectivity index (χ2v) is 4.07. The quantitative estimate of drug-likeness (QED) is 0.802. The van der Waals surface area contributed by atoms with Gasteiger partial charge in [-0.25, -0.2) is 4.98 Å². The summed E-state index contributed by atoms with van der Waals surface area (Å²) in [5, 5.41) is 2.51. The maximum absolute atomic E-state index is 12.9. The molecular weight excluding hydrogens is 237 g/mol. The van der Waals surface area contributed by atoms with Gasteiger partial charge in [-0.15, -0.1) is 0 Å². The third-order valence-electron chi connectivity index (χ3n) is 2.56. The molecule has 1 unspecified atom stereocenters. The van der Waals surface area contributed by atoms with Crippen molar-refractivity contribution in [2.24, 2.45) is 5.92 Å². The number of pyridine rings is 1. The number of nitrogens with zero attached hydrogens (tertiary/aromatic N) is 2. The van der Waals surface area contributed by atoms with Gasteiger partial charge >= 0.3 is 0 Å². The maximum atomic E-state index is 12.9. The van der Waals surface area contributed by atoms with Crippen LogP contribution >= 0.6 is 0 Å². The first-order valence-corrected chi connectivity index (χ1v) is 5.54. The van der Waals surface area contributed by atoms with E-state index in [4.69, 9.17) is 0 Å². The van der Waals surface area contributed by atoms with Gasteiger partial charge in [-0.05, 0) is 6.07 Å². The lowest BCUT2D eigenvalue weighted by Crippen LogP contribution is -2.37. The number of aromatic nitrogens is 1. The van der Waals surface area contributed by atoms with Crippen LogP contribution in [0.1, 0.15) is 17.3 Å². The first kappa shape index (κ1) is 14.1. The van der Waals surface area contributed by atoms with Crippen LogP contribution in [0.2, 0.25) is 0 Å². The Morgan fingerprint density at radius 3 is 2.78 bits per heavy atom. The van der Waals surface area contributed by atoms with Crippen LogP contribution in [-0.4, -0.2) is 42.3 Å². The van der Waals surface area contributed by atoms with E-state index in [1.807, 2.05) is 0 Å². The molecule has 1 aromatic heterocycles. The summed E-state index contributed by atoms with van der Waals surface area (Å²) in [6, 6.07) is 2.51. The fourth-order valence-electron chi connectivity index (χ4n) is 1.58. The Morgan fingerprint density at radius 2 is 2.22 bits per heavy atom. The number of carbonyl (C=O) groups is 2. The van der Waals surface area contributed by atoms with Crippen molar-refractivity contribution in [3.63, 3.8) is 0 Å². The number of halogens is 1. The smallest absolute Gasteiger partial charge is 0.253 e. The summed E-state index contributed by atoms with van der Waals surface area (Å²) in [7, 11) is 3.11. The standard InChI is InChI=1S/C12H16FN3O2/c1-8(11(17)14-2)7-16(3)12(18)9-4-5-15-10(13)6-9/h4-6,8H,7H2,1-3H3,(H,14,17). The lowest BCUT2D eigenvalue weighted by atomic mass is 10.1. The second kappa shape index (κ2) is 6.09. The fraction of sp³-hybridized carbons (Fsp3) is 0.417. The summed E-state index contributed by atoms with van der Waals surface area (Å²) in [5.74, 6) is -1.51. The van der Waals surface area contributed by atoms with Crippen LogP contribution < -0.4 is 5.32 Å². The highest BCUT2D eigenvalue weighted by Crippen LogP contribution is 2.06. The van der Waals surface area contributed by atoms with Gasteiger partial charge in [-0.2, -0.15) is 4.39 Å². The van der Waals surface area contributed by atoms with Gasteiger partial charge in [-0.1, -0.05) is 6.92 Å². The van der Waals surface area contributed by atoms with E-state index < -0.39 is 5.95 Å². The van der Waals surface area contributed by atoms with Crippen LogP contribution in [0.5, 0.6) is 0 Å². The molecular formula is C12H16FN3O2. The molecule has 1 N–H and O–H groups in total. The summed E-state index contributed by atoms with van der Waals surface area (Å²) in [6.07, 6.45) is 1.23. The summed E-state index contributed by atoms with van der Waals surface area (Å²) in [6.45, 7) is 1.98. The Labute approximate surface area is 105 Å². The van der Waals surface area contributed by atoms with Gasteiger partial charge in [0.1, 0.15) is 0 Å². The molecule has 0 aromatic carbocycles. The molecule has 1 heterocycles. The lowest BCUT2D eigenvalue weighted by Gasteiger charge is -2.20. The molecule has 1 aromatic rings. The van der Waals surface area contributed by atoms with Crippen molar-refractivity contribution < 1.29 is 14.0 Å². The molecule has 1 rings (SSSR count). The molecule has 98 valence electrons. The highest BCUT2D eigenvalue weighted by molar-refractivity contribution is 5.94. The molecule has 0 aliphatic rings. The molecule has 0 bridgehead atoms. The third-order valence-corrected chi connectivity index (χ3v) is 2.56. The minimum atomic E-state index is -0.700. The van der Waals surface area contributed by atoms with Crippen molar-refractivity contribution in [2.75, 3.05) is 20.6 Å². The molecule has 6 heteroatoms. The van der Waals surface area contributed by atoms with Crippen molar-refractivity contribution >= 4 is 11.8 Å². The Hall–Kier alpha value is -1.98. The van der Waals surface area contributed by atoms with Crippen molar-refractivity contribution in [1.29, 1.82) is 0 Å². The zero-order valence-electron chi connectivity index (χ0n) is 10.6. The van der Waals surface area contributed by atoms with Crippen LogP contribution in [0, 0.1) is 11.9 Å². The molecule has 0 spiro atoms. The van der Waals surface area contributed by atoms with Crippen LogP contribution in [0.4, 0.5) is 4.39 Å². The second-order valence-electron chi connectivity index (χ2n) is 4.07. The van der Waals surface area contributed by atoms with Crippen LogP contribution in [-0.2, 0) is 4.79 Å². The van der Waals surface area contributed by atoms with Gasteiger partial charge < -0.3 is 10.2 Å². The van der Waals surface area contributed by atoms with E-state index in [-0.39, 0.29) is 29.8 Å². The predicted molar refractivity (Wildman–Crippen MR) is 64.4 cm³/mol. The van der Waals surface area contributed by atoms with Gasteiger partial charge in [0.05, 0.1) is 5.92 Å². The van der Waals surface area contributed by atoms with Crippen LogP contribution in [0.3, 0.4) is 0 Å². The van der Waals surface area contributed by atoms with E-state index in [1.54, 1.807) is 21.0 Å². The Morgan fingerprint density at radius 1 is 1.56 bits per heavy atom. The summed E-state index contributed by atoms with van der Waals surface area (Å²) >= 11 is 0. The van der Waals surface area contributed by atoms with Gasteiger partial charge in [-0.3, -0.25) is 9.59 Å². The van der Waals surface area contributed by atoms with Gasteiger partial charge in [0.15, 0.2) is 0 Å². The number of nitrogens with one attached hydrogen (secondary N) is 1. The molecule has 1 atom stereocenters. The minimum Gasteiger partial charge on any atom is -0.359 e. The van der Waals surface area contributed by atoms with Crippen molar-refractivity contribution in [3.05, 3.63) is 29.8 Å². The third kappa shape index (κ3) is 3.51. The monoisotopic (exact) mass is 253 g/mol. The number of hydrogen-bond acceptors (Lipinski definition) is 3. The summed E-state index contributed by atoms with van der Waals surface area (Å²) in [5.41, 5.74) is 0.217. The Kier molecular flexibility index (Phi) is 4.76. The molecule has 0 saturated heterocycles. The number of amides is 2. The van der Waals surface area contributed by atoms with Gasteiger partial charge in [0.2, 0.25) is 11.9 Å². The Bertz CT molecular complexity index is 451. The molecule has 18 heavy (non-hydrogen) atoms. The number of rotatable bonds is 4. The van der Waals surface area contributed by atoms with Crippen molar-refractivity contribution in [1.82, 2.24) is 15.2 Å². The minimum absolute atomic E-state index is 0.143. The topological polar surface area (TPSA) is 62.3 Å². The summed E-state index contributed by atoms with van der Waals surface area (Å²) in [4.78, 5) is 28.1. The van der Waals surface area contributed by atoms with E-state index in [0.29, 0.717) is 0 Å².